The van der Waals surface area contributed by atoms with Gasteiger partial charge in [0, 0.05) is 17.5 Å². The van der Waals surface area contributed by atoms with Crippen molar-refractivity contribution >= 4 is 5.91 Å². The number of amides is 1. The molecule has 1 atom stereocenters. The fraction of sp³-hybridized carbons (Fsp3) is 0.350. The van der Waals surface area contributed by atoms with Crippen molar-refractivity contribution in [3.63, 3.8) is 0 Å². The molecule has 1 N–H and O–H groups in total. The highest BCUT2D eigenvalue weighted by Crippen LogP contribution is 2.29. The molecule has 1 aliphatic heterocycles. The molecule has 5 rings (SSSR count). The summed E-state index contributed by atoms with van der Waals surface area (Å²) in [5.74, 6) is 0.158. The van der Waals surface area contributed by atoms with Crippen LogP contribution >= 0.6 is 0 Å². The van der Waals surface area contributed by atoms with E-state index in [1.807, 2.05) is 0 Å². The number of aromatic nitrogens is 3. The SMILES string of the molecule is O=C(N[C@H]1COCc2c1cnn2-c1ccccc1F)c1noc2c1CCCC2. The third-order valence-electron chi connectivity index (χ3n) is 5.35. The highest BCUT2D eigenvalue weighted by atomic mass is 19.1. The van der Waals surface area contributed by atoms with Gasteiger partial charge in [0.1, 0.15) is 17.3 Å². The first-order valence-corrected chi connectivity index (χ1v) is 9.40. The quantitative estimate of drug-likeness (QED) is 0.753. The zero-order valence-electron chi connectivity index (χ0n) is 15.2. The fourth-order valence-corrected chi connectivity index (χ4v) is 3.93. The van der Waals surface area contributed by atoms with Crippen LogP contribution in [0.25, 0.3) is 5.69 Å². The number of rotatable bonds is 3. The molecule has 0 radical (unpaired) electrons. The molecule has 3 heterocycles. The van der Waals surface area contributed by atoms with Gasteiger partial charge < -0.3 is 14.6 Å². The van der Waals surface area contributed by atoms with Gasteiger partial charge in [-0.25, -0.2) is 9.07 Å². The van der Waals surface area contributed by atoms with Crippen LogP contribution in [-0.2, 0) is 24.2 Å². The Balaban J connectivity index is 1.42. The summed E-state index contributed by atoms with van der Waals surface area (Å²) in [6, 6.07) is 6.05. The topological polar surface area (TPSA) is 82.2 Å². The minimum absolute atomic E-state index is 0.285. The standard InChI is InChI=1S/C20H19FN4O3/c21-14-6-2-3-7-16(14)25-17-11-27-10-15(13(17)9-22-25)23-20(26)19-12-5-1-4-8-18(12)28-24-19/h2-3,6-7,9,15H,1,4-5,8,10-11H2,(H,23,26)/t15-/m0/s1. The number of carbonyl (C=O) groups is 1. The van der Waals surface area contributed by atoms with Crippen LogP contribution in [0.5, 0.6) is 0 Å². The van der Waals surface area contributed by atoms with Crippen LogP contribution in [0.1, 0.15) is 52.0 Å². The number of ether oxygens (including phenoxy) is 1. The highest BCUT2D eigenvalue weighted by Gasteiger charge is 2.30. The van der Waals surface area contributed by atoms with E-state index in [1.165, 1.54) is 10.7 Å². The monoisotopic (exact) mass is 382 g/mol. The molecular formula is C20H19FN4O3. The van der Waals surface area contributed by atoms with E-state index < -0.39 is 0 Å². The van der Waals surface area contributed by atoms with Crippen LogP contribution in [0.4, 0.5) is 4.39 Å². The summed E-state index contributed by atoms with van der Waals surface area (Å²) in [5, 5.41) is 11.3. The molecule has 7 nitrogen and oxygen atoms in total. The van der Waals surface area contributed by atoms with Crippen LogP contribution in [0.2, 0.25) is 0 Å². The summed E-state index contributed by atoms with van der Waals surface area (Å²) in [4.78, 5) is 12.8. The number of aryl methyl sites for hydroxylation is 1. The summed E-state index contributed by atoms with van der Waals surface area (Å²) in [5.41, 5.74) is 3.15. The number of benzene rings is 1. The lowest BCUT2D eigenvalue weighted by Gasteiger charge is -2.24. The Hall–Kier alpha value is -3.00. The molecule has 2 aliphatic rings. The van der Waals surface area contributed by atoms with Crippen LogP contribution in [0, 0.1) is 5.82 Å². The number of hydrogen-bond donors (Lipinski definition) is 1. The van der Waals surface area contributed by atoms with Crippen molar-refractivity contribution in [1.82, 2.24) is 20.3 Å². The molecule has 0 saturated heterocycles. The van der Waals surface area contributed by atoms with Gasteiger partial charge in [-0.15, -0.1) is 0 Å². The van der Waals surface area contributed by atoms with Crippen LogP contribution in [0.15, 0.2) is 35.0 Å². The molecule has 0 fully saturated rings. The molecule has 0 saturated carbocycles. The Bertz CT molecular complexity index is 1040. The zero-order chi connectivity index (χ0) is 19.1. The Morgan fingerprint density at radius 1 is 1.25 bits per heavy atom. The van der Waals surface area contributed by atoms with E-state index in [-0.39, 0.29) is 17.8 Å². The number of halogens is 1. The van der Waals surface area contributed by atoms with Crippen molar-refractivity contribution in [3.05, 3.63) is 64.6 Å². The van der Waals surface area contributed by atoms with Gasteiger partial charge >= 0.3 is 0 Å². The molecule has 28 heavy (non-hydrogen) atoms. The van der Waals surface area contributed by atoms with Gasteiger partial charge in [0.05, 0.1) is 31.1 Å². The van der Waals surface area contributed by atoms with E-state index in [9.17, 15) is 9.18 Å². The molecule has 1 aromatic carbocycles. The number of hydrogen-bond acceptors (Lipinski definition) is 5. The molecule has 0 bridgehead atoms. The molecule has 1 amide bonds. The number of nitrogens with one attached hydrogen (secondary N) is 1. The summed E-state index contributed by atoms with van der Waals surface area (Å²) in [7, 11) is 0. The second-order valence-electron chi connectivity index (χ2n) is 7.09. The summed E-state index contributed by atoms with van der Waals surface area (Å²) < 4.78 is 26.7. The molecule has 144 valence electrons. The third kappa shape index (κ3) is 2.80. The molecule has 8 heteroatoms. The molecule has 0 unspecified atom stereocenters. The molecule has 3 aromatic rings. The van der Waals surface area contributed by atoms with Gasteiger partial charge in [-0.2, -0.15) is 5.10 Å². The Morgan fingerprint density at radius 3 is 3.00 bits per heavy atom. The highest BCUT2D eigenvalue weighted by molar-refractivity contribution is 5.94. The average Bonchev–Trinajstić information content (AvgIpc) is 3.33. The van der Waals surface area contributed by atoms with E-state index in [0.717, 1.165) is 48.3 Å². The number of nitrogens with zero attached hydrogens (tertiary/aromatic N) is 3. The zero-order valence-corrected chi connectivity index (χ0v) is 15.2. The molecular weight excluding hydrogens is 363 g/mol. The van der Waals surface area contributed by atoms with Crippen molar-refractivity contribution in [2.24, 2.45) is 0 Å². The summed E-state index contributed by atoms with van der Waals surface area (Å²) in [6.07, 6.45) is 5.37. The summed E-state index contributed by atoms with van der Waals surface area (Å²) in [6.45, 7) is 0.622. The lowest BCUT2D eigenvalue weighted by atomic mass is 9.96. The number of para-hydroxylation sites is 1. The Morgan fingerprint density at radius 2 is 2.11 bits per heavy atom. The van der Waals surface area contributed by atoms with Gasteiger partial charge in [0.2, 0.25) is 0 Å². The predicted molar refractivity (Wildman–Crippen MR) is 96.5 cm³/mol. The second kappa shape index (κ2) is 6.87. The predicted octanol–water partition coefficient (Wildman–Crippen LogP) is 2.88. The van der Waals surface area contributed by atoms with Gasteiger partial charge in [0.15, 0.2) is 5.69 Å². The van der Waals surface area contributed by atoms with Crippen molar-refractivity contribution in [2.75, 3.05) is 6.61 Å². The van der Waals surface area contributed by atoms with Crippen LogP contribution in [0.3, 0.4) is 0 Å². The Labute approximate surface area is 160 Å². The maximum atomic E-state index is 14.2. The first kappa shape index (κ1) is 17.1. The maximum absolute atomic E-state index is 14.2. The smallest absolute Gasteiger partial charge is 0.274 e. The normalized spacial score (nSPS) is 18.4. The van der Waals surface area contributed by atoms with E-state index >= 15 is 0 Å². The Kier molecular flexibility index (Phi) is 4.20. The lowest BCUT2D eigenvalue weighted by Crippen LogP contribution is -2.35. The lowest BCUT2D eigenvalue weighted by molar-refractivity contribution is 0.0681. The van der Waals surface area contributed by atoms with Gasteiger partial charge in [-0.05, 0) is 31.4 Å². The number of carbonyl (C=O) groups excluding carboxylic acids is 1. The van der Waals surface area contributed by atoms with Crippen molar-refractivity contribution in [3.8, 4) is 5.69 Å². The largest absolute Gasteiger partial charge is 0.373 e. The maximum Gasteiger partial charge on any atom is 0.274 e. The van der Waals surface area contributed by atoms with Crippen molar-refractivity contribution < 1.29 is 18.4 Å². The first-order chi connectivity index (χ1) is 13.7. The van der Waals surface area contributed by atoms with Gasteiger partial charge in [0.25, 0.3) is 5.91 Å². The fourth-order valence-electron chi connectivity index (χ4n) is 3.93. The summed E-state index contributed by atoms with van der Waals surface area (Å²) >= 11 is 0. The van der Waals surface area contributed by atoms with E-state index in [2.05, 4.69) is 15.6 Å². The molecule has 1 aliphatic carbocycles. The minimum Gasteiger partial charge on any atom is -0.373 e. The third-order valence-corrected chi connectivity index (χ3v) is 5.35. The first-order valence-electron chi connectivity index (χ1n) is 9.40. The van der Waals surface area contributed by atoms with Gasteiger partial charge in [-0.3, -0.25) is 4.79 Å². The van der Waals surface area contributed by atoms with E-state index in [4.69, 9.17) is 9.26 Å². The van der Waals surface area contributed by atoms with Crippen molar-refractivity contribution in [1.29, 1.82) is 0 Å². The molecule has 0 spiro atoms. The minimum atomic E-state index is -0.382. The van der Waals surface area contributed by atoms with Crippen molar-refractivity contribution in [2.45, 2.75) is 38.3 Å². The van der Waals surface area contributed by atoms with Crippen LogP contribution < -0.4 is 5.32 Å². The van der Waals surface area contributed by atoms with E-state index in [1.54, 1.807) is 24.4 Å². The van der Waals surface area contributed by atoms with Crippen LogP contribution in [-0.4, -0.2) is 27.5 Å². The second-order valence-corrected chi connectivity index (χ2v) is 7.09. The molecule has 2 aromatic heterocycles. The number of fused-ring (bicyclic) bond motifs is 2. The van der Waals surface area contributed by atoms with E-state index in [0.29, 0.717) is 24.6 Å². The van der Waals surface area contributed by atoms with Gasteiger partial charge in [-0.1, -0.05) is 17.3 Å². The average molecular weight is 382 g/mol.